The molecule has 7 nitrogen and oxygen atoms in total. The van der Waals surface area contributed by atoms with E-state index in [1.165, 1.54) is 18.2 Å². The number of imide groups is 1. The van der Waals surface area contributed by atoms with E-state index < -0.39 is 17.8 Å². The number of amides is 2. The number of carbonyl (C=O) groups excluding carboxylic acids is 3. The third-order valence-electron chi connectivity index (χ3n) is 5.20. The first-order chi connectivity index (χ1) is 16.2. The van der Waals surface area contributed by atoms with Crippen LogP contribution < -0.4 is 20.7 Å². The van der Waals surface area contributed by atoms with Crippen LogP contribution in [0.25, 0.3) is 0 Å². The predicted octanol–water partition coefficient (Wildman–Crippen LogP) is 5.19. The summed E-state index contributed by atoms with van der Waals surface area (Å²) in [4.78, 5) is 39.0. The summed E-state index contributed by atoms with van der Waals surface area (Å²) in [6, 6.07) is 16.1. The van der Waals surface area contributed by atoms with Crippen LogP contribution in [-0.2, 0) is 9.59 Å². The molecule has 0 saturated carbocycles. The topological polar surface area (TPSA) is 102 Å². The zero-order chi connectivity index (χ0) is 24.6. The predicted molar refractivity (Wildman–Crippen MR) is 132 cm³/mol. The molecule has 3 N–H and O–H groups in total. The van der Waals surface area contributed by atoms with Gasteiger partial charge in [-0.1, -0.05) is 35.3 Å². The minimum atomic E-state index is -0.662. The average Bonchev–Trinajstić information content (AvgIpc) is 3.01. The monoisotopic (exact) mass is 495 g/mol. The van der Waals surface area contributed by atoms with Gasteiger partial charge >= 0.3 is 5.97 Å². The minimum Gasteiger partial charge on any atom is -0.421 e. The lowest BCUT2D eigenvalue weighted by atomic mass is 10.2. The Morgan fingerprint density at radius 3 is 2.29 bits per heavy atom. The molecule has 0 aromatic heterocycles. The Labute approximate surface area is 205 Å². The summed E-state index contributed by atoms with van der Waals surface area (Å²) in [5, 5.41) is 3.03. The third kappa shape index (κ3) is 4.48. The highest BCUT2D eigenvalue weighted by molar-refractivity contribution is 6.53. The third-order valence-corrected chi connectivity index (χ3v) is 5.96. The first-order valence-electron chi connectivity index (χ1n) is 10.2. The molecular formula is C25H19Cl2N3O4. The maximum Gasteiger partial charge on any atom is 0.343 e. The normalized spacial score (nSPS) is 13.5. The summed E-state index contributed by atoms with van der Waals surface area (Å²) < 4.78 is 5.36. The molecule has 9 heteroatoms. The largest absolute Gasteiger partial charge is 0.421 e. The van der Waals surface area contributed by atoms with Gasteiger partial charge in [-0.05, 0) is 73.5 Å². The SMILES string of the molecule is Cc1ccc(OC(=O)c2ccc(NC3=C(Cl)C(=O)N(c4ccc(C)c(Cl)c4)C3=O)cc2)c(N)c1. The number of nitrogens with two attached hydrogens (primary N) is 1. The van der Waals surface area contributed by atoms with Crippen molar-refractivity contribution in [1.29, 1.82) is 0 Å². The number of nitrogens with one attached hydrogen (secondary N) is 1. The molecule has 0 aliphatic carbocycles. The summed E-state index contributed by atoms with van der Waals surface area (Å²) in [7, 11) is 0. The molecule has 1 aliphatic rings. The second-order valence-corrected chi connectivity index (χ2v) is 8.49. The Kier molecular flexibility index (Phi) is 6.32. The fraction of sp³-hybridized carbons (Fsp3) is 0.0800. The van der Waals surface area contributed by atoms with Gasteiger partial charge in [-0.15, -0.1) is 0 Å². The van der Waals surface area contributed by atoms with E-state index in [9.17, 15) is 14.4 Å². The van der Waals surface area contributed by atoms with E-state index in [1.807, 2.05) is 13.8 Å². The number of benzene rings is 3. The summed E-state index contributed by atoms with van der Waals surface area (Å²) in [6.07, 6.45) is 0. The minimum absolute atomic E-state index is 0.0777. The van der Waals surface area contributed by atoms with Crippen molar-refractivity contribution in [2.75, 3.05) is 16.0 Å². The molecule has 34 heavy (non-hydrogen) atoms. The molecule has 1 heterocycles. The van der Waals surface area contributed by atoms with Crippen molar-refractivity contribution in [3.8, 4) is 5.75 Å². The van der Waals surface area contributed by atoms with Crippen LogP contribution in [0.2, 0.25) is 5.02 Å². The molecule has 0 atom stereocenters. The Bertz CT molecular complexity index is 1370. The molecule has 0 fully saturated rings. The van der Waals surface area contributed by atoms with Crippen molar-refractivity contribution >= 4 is 58.0 Å². The molecule has 4 rings (SSSR count). The highest BCUT2D eigenvalue weighted by Gasteiger charge is 2.39. The van der Waals surface area contributed by atoms with Crippen molar-refractivity contribution in [1.82, 2.24) is 0 Å². The van der Waals surface area contributed by atoms with Gasteiger partial charge in [0.1, 0.15) is 10.7 Å². The zero-order valence-corrected chi connectivity index (χ0v) is 19.7. The van der Waals surface area contributed by atoms with Gasteiger partial charge in [-0.2, -0.15) is 0 Å². The van der Waals surface area contributed by atoms with Crippen molar-refractivity contribution in [3.63, 3.8) is 0 Å². The Hall–Kier alpha value is -3.81. The van der Waals surface area contributed by atoms with E-state index in [4.69, 9.17) is 33.7 Å². The molecule has 172 valence electrons. The number of esters is 1. The molecule has 2 amide bonds. The maximum absolute atomic E-state index is 12.9. The number of anilines is 3. The number of nitrogen functional groups attached to an aromatic ring is 1. The van der Waals surface area contributed by atoms with E-state index in [0.29, 0.717) is 22.1 Å². The van der Waals surface area contributed by atoms with Gasteiger partial charge in [0.15, 0.2) is 5.75 Å². The van der Waals surface area contributed by atoms with Crippen molar-refractivity contribution in [2.24, 2.45) is 0 Å². The number of carbonyl (C=O) groups is 3. The summed E-state index contributed by atoms with van der Waals surface area (Å²) >= 11 is 12.3. The quantitative estimate of drug-likeness (QED) is 0.218. The molecule has 0 bridgehead atoms. The first-order valence-corrected chi connectivity index (χ1v) is 10.9. The Morgan fingerprint density at radius 2 is 1.65 bits per heavy atom. The fourth-order valence-corrected chi connectivity index (χ4v) is 3.71. The van der Waals surface area contributed by atoms with E-state index >= 15 is 0 Å². The van der Waals surface area contributed by atoms with Crippen LogP contribution in [0, 0.1) is 13.8 Å². The molecule has 3 aromatic carbocycles. The van der Waals surface area contributed by atoms with E-state index in [2.05, 4.69) is 5.32 Å². The van der Waals surface area contributed by atoms with Crippen LogP contribution in [0.3, 0.4) is 0 Å². The van der Waals surface area contributed by atoms with E-state index in [-0.39, 0.29) is 22.0 Å². The van der Waals surface area contributed by atoms with Crippen LogP contribution in [0.15, 0.2) is 71.4 Å². The zero-order valence-electron chi connectivity index (χ0n) is 18.2. The number of nitrogens with zero attached hydrogens (tertiary/aromatic N) is 1. The van der Waals surface area contributed by atoms with Gasteiger partial charge in [0.05, 0.1) is 16.9 Å². The molecular weight excluding hydrogens is 477 g/mol. The van der Waals surface area contributed by atoms with Crippen molar-refractivity contribution in [3.05, 3.63) is 93.1 Å². The molecule has 0 saturated heterocycles. The summed E-state index contributed by atoms with van der Waals surface area (Å²) in [5.41, 5.74) is 8.97. The van der Waals surface area contributed by atoms with Crippen LogP contribution in [0.5, 0.6) is 5.75 Å². The number of rotatable bonds is 5. The smallest absolute Gasteiger partial charge is 0.343 e. The highest BCUT2D eigenvalue weighted by Crippen LogP contribution is 2.32. The van der Waals surface area contributed by atoms with Crippen LogP contribution >= 0.6 is 23.2 Å². The van der Waals surface area contributed by atoms with E-state index in [0.717, 1.165) is 16.0 Å². The summed E-state index contributed by atoms with van der Waals surface area (Å²) in [5.74, 6) is -1.60. The van der Waals surface area contributed by atoms with Gasteiger partial charge < -0.3 is 15.8 Å². The average molecular weight is 496 g/mol. The molecule has 0 radical (unpaired) electrons. The maximum atomic E-state index is 12.9. The van der Waals surface area contributed by atoms with Gasteiger partial charge in [0.25, 0.3) is 11.8 Å². The highest BCUT2D eigenvalue weighted by atomic mass is 35.5. The Morgan fingerprint density at radius 1 is 0.941 bits per heavy atom. The number of halogens is 2. The van der Waals surface area contributed by atoms with Gasteiger partial charge in [0.2, 0.25) is 0 Å². The second-order valence-electron chi connectivity index (χ2n) is 7.70. The van der Waals surface area contributed by atoms with Crippen molar-refractivity contribution < 1.29 is 19.1 Å². The number of ether oxygens (including phenoxy) is 1. The lowest BCUT2D eigenvalue weighted by Crippen LogP contribution is -2.32. The molecule has 3 aromatic rings. The van der Waals surface area contributed by atoms with Gasteiger partial charge in [-0.25, -0.2) is 9.69 Å². The fourth-order valence-electron chi connectivity index (χ4n) is 3.32. The van der Waals surface area contributed by atoms with Crippen LogP contribution in [0.1, 0.15) is 21.5 Å². The van der Waals surface area contributed by atoms with Gasteiger partial charge in [-0.3, -0.25) is 9.59 Å². The summed E-state index contributed by atoms with van der Waals surface area (Å²) in [6.45, 7) is 3.69. The number of aryl methyl sites for hydroxylation is 2. The molecule has 1 aliphatic heterocycles. The standard InChI is InChI=1S/C25H19Cl2N3O4/c1-13-3-10-20(19(28)11-13)34-25(33)15-5-7-16(8-6-15)29-22-21(27)23(31)30(24(22)32)17-9-4-14(2)18(26)12-17/h3-12,29H,28H2,1-2H3. The lowest BCUT2D eigenvalue weighted by Gasteiger charge is -2.16. The number of hydrogen-bond donors (Lipinski definition) is 2. The molecule has 0 spiro atoms. The van der Waals surface area contributed by atoms with Crippen molar-refractivity contribution in [2.45, 2.75) is 13.8 Å². The number of hydrogen-bond acceptors (Lipinski definition) is 6. The molecule has 0 unspecified atom stereocenters. The first kappa shape index (κ1) is 23.4. The van der Waals surface area contributed by atoms with E-state index in [1.54, 1.807) is 42.5 Å². The van der Waals surface area contributed by atoms with Gasteiger partial charge in [0, 0.05) is 10.7 Å². The Balaban J connectivity index is 1.49. The second kappa shape index (κ2) is 9.21. The van der Waals surface area contributed by atoms with Crippen LogP contribution in [0.4, 0.5) is 17.1 Å². The lowest BCUT2D eigenvalue weighted by molar-refractivity contribution is -0.120. The van der Waals surface area contributed by atoms with Crippen LogP contribution in [-0.4, -0.2) is 17.8 Å².